The van der Waals surface area contributed by atoms with Crippen LogP contribution in [0, 0.1) is 0 Å². The van der Waals surface area contributed by atoms with Crippen molar-refractivity contribution in [1.82, 2.24) is 0 Å². The van der Waals surface area contributed by atoms with Gasteiger partial charge in [-0.2, -0.15) is 0 Å². The SMILES string of the molecule is CCCc1ccc(C(Cl)C(C)c2ccccc2)cc1. The minimum Gasteiger partial charge on any atom is -0.117 e. The molecule has 2 unspecified atom stereocenters. The average molecular weight is 273 g/mol. The molecule has 100 valence electrons. The predicted octanol–water partition coefficient (Wildman–Crippen LogP) is 5.72. The van der Waals surface area contributed by atoms with Crippen molar-refractivity contribution >= 4 is 11.6 Å². The average Bonchev–Trinajstić information content (AvgIpc) is 2.48. The lowest BCUT2D eigenvalue weighted by molar-refractivity contribution is 0.731. The summed E-state index contributed by atoms with van der Waals surface area (Å²) < 4.78 is 0. The first kappa shape index (κ1) is 14.1. The van der Waals surface area contributed by atoms with Gasteiger partial charge in [0.2, 0.25) is 0 Å². The Kier molecular flexibility index (Phi) is 5.04. The molecule has 0 radical (unpaired) electrons. The van der Waals surface area contributed by atoms with E-state index in [1.54, 1.807) is 0 Å². The number of rotatable bonds is 5. The highest BCUT2D eigenvalue weighted by molar-refractivity contribution is 6.21. The van der Waals surface area contributed by atoms with E-state index >= 15 is 0 Å². The second kappa shape index (κ2) is 6.77. The Morgan fingerprint density at radius 2 is 1.53 bits per heavy atom. The molecular weight excluding hydrogens is 252 g/mol. The summed E-state index contributed by atoms with van der Waals surface area (Å²) in [4.78, 5) is 0. The molecule has 0 aliphatic carbocycles. The Balaban J connectivity index is 2.12. The molecule has 0 aromatic heterocycles. The van der Waals surface area contributed by atoms with Crippen LogP contribution in [0.2, 0.25) is 0 Å². The zero-order valence-electron chi connectivity index (χ0n) is 11.6. The first-order valence-corrected chi connectivity index (χ1v) is 7.44. The Labute approximate surface area is 121 Å². The fourth-order valence-electron chi connectivity index (χ4n) is 2.37. The van der Waals surface area contributed by atoms with E-state index in [1.807, 2.05) is 6.07 Å². The minimum atomic E-state index is 0.0260. The molecule has 2 atom stereocenters. The van der Waals surface area contributed by atoms with Crippen LogP contribution in [0.15, 0.2) is 54.6 Å². The number of benzene rings is 2. The van der Waals surface area contributed by atoms with Gasteiger partial charge >= 0.3 is 0 Å². The first-order valence-electron chi connectivity index (χ1n) is 7.00. The monoisotopic (exact) mass is 272 g/mol. The Morgan fingerprint density at radius 1 is 0.895 bits per heavy atom. The number of alkyl halides is 1. The largest absolute Gasteiger partial charge is 0.117 e. The summed E-state index contributed by atoms with van der Waals surface area (Å²) in [7, 11) is 0. The molecule has 0 fully saturated rings. The zero-order chi connectivity index (χ0) is 13.7. The van der Waals surface area contributed by atoms with Gasteiger partial charge < -0.3 is 0 Å². The van der Waals surface area contributed by atoms with Gasteiger partial charge in [-0.15, -0.1) is 11.6 Å². The van der Waals surface area contributed by atoms with Gasteiger partial charge in [0.05, 0.1) is 5.38 Å². The summed E-state index contributed by atoms with van der Waals surface area (Å²) in [5, 5.41) is 0.0260. The zero-order valence-corrected chi connectivity index (χ0v) is 12.4. The van der Waals surface area contributed by atoms with E-state index < -0.39 is 0 Å². The Hall–Kier alpha value is -1.27. The lowest BCUT2D eigenvalue weighted by atomic mass is 9.92. The fraction of sp³-hybridized carbons (Fsp3) is 0.333. The molecule has 0 bridgehead atoms. The van der Waals surface area contributed by atoms with Crippen molar-refractivity contribution in [1.29, 1.82) is 0 Å². The summed E-state index contributed by atoms with van der Waals surface area (Å²) in [6.45, 7) is 4.39. The van der Waals surface area contributed by atoms with Crippen molar-refractivity contribution in [3.05, 3.63) is 71.3 Å². The van der Waals surface area contributed by atoms with Crippen LogP contribution in [-0.4, -0.2) is 0 Å². The van der Waals surface area contributed by atoms with Crippen LogP contribution in [0.3, 0.4) is 0 Å². The minimum absolute atomic E-state index is 0.0260. The van der Waals surface area contributed by atoms with E-state index in [-0.39, 0.29) is 5.38 Å². The van der Waals surface area contributed by atoms with Gasteiger partial charge in [0.25, 0.3) is 0 Å². The van der Waals surface area contributed by atoms with Crippen LogP contribution in [0.5, 0.6) is 0 Å². The van der Waals surface area contributed by atoms with Gasteiger partial charge in [0.15, 0.2) is 0 Å². The molecular formula is C18H21Cl. The van der Waals surface area contributed by atoms with Gasteiger partial charge in [0.1, 0.15) is 0 Å². The van der Waals surface area contributed by atoms with Crippen LogP contribution in [0.4, 0.5) is 0 Å². The molecule has 0 saturated heterocycles. The fourth-order valence-corrected chi connectivity index (χ4v) is 2.66. The van der Waals surface area contributed by atoms with Crippen molar-refractivity contribution in [2.75, 3.05) is 0 Å². The molecule has 0 saturated carbocycles. The van der Waals surface area contributed by atoms with Crippen LogP contribution in [-0.2, 0) is 6.42 Å². The molecule has 0 heterocycles. The Bertz CT molecular complexity index is 487. The summed E-state index contributed by atoms with van der Waals surface area (Å²) in [6, 6.07) is 19.2. The highest BCUT2D eigenvalue weighted by Crippen LogP contribution is 2.35. The lowest BCUT2D eigenvalue weighted by Gasteiger charge is -2.19. The highest BCUT2D eigenvalue weighted by Gasteiger charge is 2.17. The molecule has 0 nitrogen and oxygen atoms in total. The first-order chi connectivity index (χ1) is 9.22. The van der Waals surface area contributed by atoms with Gasteiger partial charge in [-0.1, -0.05) is 74.9 Å². The number of hydrogen-bond donors (Lipinski definition) is 0. The van der Waals surface area contributed by atoms with Gasteiger partial charge in [0, 0.05) is 5.92 Å². The molecule has 2 aromatic rings. The van der Waals surface area contributed by atoms with Crippen LogP contribution in [0.1, 0.15) is 48.3 Å². The number of hydrogen-bond acceptors (Lipinski definition) is 0. The number of halogens is 1. The van der Waals surface area contributed by atoms with Crippen LogP contribution >= 0.6 is 11.6 Å². The molecule has 0 spiro atoms. The Morgan fingerprint density at radius 3 is 2.11 bits per heavy atom. The summed E-state index contributed by atoms with van der Waals surface area (Å²) in [5.74, 6) is 0.319. The van der Waals surface area contributed by atoms with Crippen molar-refractivity contribution in [3.63, 3.8) is 0 Å². The third-order valence-electron chi connectivity index (χ3n) is 3.60. The maximum atomic E-state index is 6.62. The van der Waals surface area contributed by atoms with E-state index in [4.69, 9.17) is 11.6 Å². The van der Waals surface area contributed by atoms with Crippen LogP contribution < -0.4 is 0 Å². The summed E-state index contributed by atoms with van der Waals surface area (Å²) >= 11 is 6.62. The van der Waals surface area contributed by atoms with Crippen molar-refractivity contribution < 1.29 is 0 Å². The molecule has 2 aromatic carbocycles. The predicted molar refractivity (Wildman–Crippen MR) is 83.9 cm³/mol. The molecule has 0 aliphatic heterocycles. The molecule has 1 heteroatoms. The van der Waals surface area contributed by atoms with E-state index in [9.17, 15) is 0 Å². The van der Waals surface area contributed by atoms with Gasteiger partial charge in [-0.25, -0.2) is 0 Å². The summed E-state index contributed by atoms with van der Waals surface area (Å²) in [5.41, 5.74) is 3.89. The highest BCUT2D eigenvalue weighted by atomic mass is 35.5. The van der Waals surface area contributed by atoms with E-state index in [2.05, 4.69) is 62.4 Å². The van der Waals surface area contributed by atoms with Crippen molar-refractivity contribution in [2.24, 2.45) is 0 Å². The van der Waals surface area contributed by atoms with Crippen molar-refractivity contribution in [2.45, 2.75) is 38.0 Å². The molecule has 0 N–H and O–H groups in total. The van der Waals surface area contributed by atoms with Crippen LogP contribution in [0.25, 0.3) is 0 Å². The standard InChI is InChI=1S/C18H21Cl/c1-3-7-15-10-12-17(13-11-15)18(19)14(2)16-8-5-4-6-9-16/h4-6,8-14,18H,3,7H2,1-2H3. The molecule has 0 amide bonds. The van der Waals surface area contributed by atoms with Gasteiger partial charge in [-0.05, 0) is 23.1 Å². The van der Waals surface area contributed by atoms with E-state index in [0.717, 1.165) is 6.42 Å². The molecule has 0 aliphatic rings. The molecule has 19 heavy (non-hydrogen) atoms. The quantitative estimate of drug-likeness (QED) is 0.611. The third-order valence-corrected chi connectivity index (χ3v) is 4.23. The van der Waals surface area contributed by atoms with Crippen molar-refractivity contribution in [3.8, 4) is 0 Å². The van der Waals surface area contributed by atoms with E-state index in [1.165, 1.54) is 23.1 Å². The second-order valence-corrected chi connectivity index (χ2v) is 5.56. The van der Waals surface area contributed by atoms with Gasteiger partial charge in [-0.3, -0.25) is 0 Å². The maximum Gasteiger partial charge on any atom is 0.0651 e. The topological polar surface area (TPSA) is 0 Å². The third kappa shape index (κ3) is 3.61. The molecule has 2 rings (SSSR count). The maximum absolute atomic E-state index is 6.62. The second-order valence-electron chi connectivity index (χ2n) is 5.09. The normalized spacial score (nSPS) is 14.1. The smallest absolute Gasteiger partial charge is 0.0651 e. The lowest BCUT2D eigenvalue weighted by Crippen LogP contribution is -2.02. The number of aryl methyl sites for hydroxylation is 1. The summed E-state index contributed by atoms with van der Waals surface area (Å²) in [6.07, 6.45) is 2.32. The van der Waals surface area contributed by atoms with E-state index in [0.29, 0.717) is 5.92 Å².